The zero-order valence-corrected chi connectivity index (χ0v) is 13.4. The summed E-state index contributed by atoms with van der Waals surface area (Å²) in [7, 11) is 0. The van der Waals surface area contributed by atoms with Crippen LogP contribution in [0.4, 0.5) is 0 Å². The van der Waals surface area contributed by atoms with Gasteiger partial charge in [0.25, 0.3) is 0 Å². The average Bonchev–Trinajstić information content (AvgIpc) is 2.87. The molecule has 3 rings (SSSR count). The van der Waals surface area contributed by atoms with Gasteiger partial charge in [-0.1, -0.05) is 40.9 Å². The van der Waals surface area contributed by atoms with Gasteiger partial charge >= 0.3 is 0 Å². The minimum atomic E-state index is -0.245. The molecular formula is C17H23BrO2. The zero-order valence-electron chi connectivity index (χ0n) is 11.9. The molecule has 0 aromatic heterocycles. The van der Waals surface area contributed by atoms with Crippen molar-refractivity contribution < 1.29 is 9.84 Å². The highest BCUT2D eigenvalue weighted by molar-refractivity contribution is 9.10. The van der Waals surface area contributed by atoms with E-state index in [0.29, 0.717) is 5.92 Å². The molecule has 1 saturated heterocycles. The van der Waals surface area contributed by atoms with E-state index in [1.165, 1.54) is 31.2 Å². The van der Waals surface area contributed by atoms with E-state index in [-0.39, 0.29) is 11.7 Å². The van der Waals surface area contributed by atoms with Gasteiger partial charge in [-0.2, -0.15) is 0 Å². The van der Waals surface area contributed by atoms with E-state index in [4.69, 9.17) is 4.74 Å². The molecule has 2 aliphatic rings. The van der Waals surface area contributed by atoms with Crippen molar-refractivity contribution >= 4 is 15.9 Å². The predicted octanol–water partition coefficient (Wildman–Crippen LogP) is 4.09. The average molecular weight is 339 g/mol. The topological polar surface area (TPSA) is 29.5 Å². The van der Waals surface area contributed by atoms with Gasteiger partial charge in [-0.15, -0.1) is 0 Å². The number of benzene rings is 1. The molecule has 0 radical (unpaired) electrons. The Balaban J connectivity index is 1.63. The summed E-state index contributed by atoms with van der Waals surface area (Å²) in [5.74, 6) is 0.390. The van der Waals surface area contributed by atoms with Crippen LogP contribution in [0.2, 0.25) is 0 Å². The van der Waals surface area contributed by atoms with E-state index in [1.807, 2.05) is 12.1 Å². The summed E-state index contributed by atoms with van der Waals surface area (Å²) < 4.78 is 7.14. The standard InChI is InChI=1S/C17H23BrO2/c18-15-5-3-4-13(10-15)11-16(19)14-6-9-20-17(12-14)7-1-2-8-17/h3-5,10,14,16,19H,1-2,6-9,11-12H2. The molecule has 20 heavy (non-hydrogen) atoms. The van der Waals surface area contributed by atoms with Crippen molar-refractivity contribution in [3.8, 4) is 0 Å². The Kier molecular flexibility index (Phi) is 4.49. The van der Waals surface area contributed by atoms with E-state index in [9.17, 15) is 5.11 Å². The van der Waals surface area contributed by atoms with Crippen LogP contribution < -0.4 is 0 Å². The van der Waals surface area contributed by atoms with Crippen LogP contribution >= 0.6 is 15.9 Å². The van der Waals surface area contributed by atoms with Crippen molar-refractivity contribution in [3.63, 3.8) is 0 Å². The molecule has 1 spiro atoms. The highest BCUT2D eigenvalue weighted by Gasteiger charge is 2.41. The Hall–Kier alpha value is -0.380. The largest absolute Gasteiger partial charge is 0.392 e. The van der Waals surface area contributed by atoms with Crippen LogP contribution in [0, 0.1) is 5.92 Å². The van der Waals surface area contributed by atoms with Gasteiger partial charge in [-0.05, 0) is 55.7 Å². The molecule has 2 unspecified atom stereocenters. The molecule has 1 heterocycles. The number of aliphatic hydroxyl groups excluding tert-OH is 1. The molecule has 1 saturated carbocycles. The third-order valence-corrected chi connectivity index (χ3v) is 5.42. The highest BCUT2D eigenvalue weighted by Crippen LogP contribution is 2.43. The molecule has 2 atom stereocenters. The molecule has 2 fully saturated rings. The number of hydrogen-bond donors (Lipinski definition) is 1. The normalized spacial score (nSPS) is 26.8. The molecule has 2 nitrogen and oxygen atoms in total. The number of halogens is 1. The Bertz CT molecular complexity index is 454. The lowest BCUT2D eigenvalue weighted by atomic mass is 9.80. The summed E-state index contributed by atoms with van der Waals surface area (Å²) >= 11 is 3.50. The third-order valence-electron chi connectivity index (χ3n) is 4.92. The minimum Gasteiger partial charge on any atom is -0.392 e. The summed E-state index contributed by atoms with van der Waals surface area (Å²) in [5, 5.41) is 10.6. The lowest BCUT2D eigenvalue weighted by Crippen LogP contribution is -2.41. The zero-order chi connectivity index (χ0) is 14.0. The van der Waals surface area contributed by atoms with Crippen LogP contribution in [0.15, 0.2) is 28.7 Å². The molecule has 1 aromatic carbocycles. The molecule has 3 heteroatoms. The van der Waals surface area contributed by atoms with Gasteiger partial charge in [-0.3, -0.25) is 0 Å². The molecule has 1 N–H and O–H groups in total. The van der Waals surface area contributed by atoms with Gasteiger partial charge in [0.2, 0.25) is 0 Å². The summed E-state index contributed by atoms with van der Waals surface area (Å²) in [4.78, 5) is 0. The molecule has 0 amide bonds. The van der Waals surface area contributed by atoms with Crippen LogP contribution in [-0.4, -0.2) is 23.4 Å². The van der Waals surface area contributed by atoms with Gasteiger partial charge in [0.15, 0.2) is 0 Å². The van der Waals surface area contributed by atoms with Gasteiger partial charge < -0.3 is 9.84 Å². The lowest BCUT2D eigenvalue weighted by Gasteiger charge is -2.40. The Morgan fingerprint density at radius 3 is 2.90 bits per heavy atom. The quantitative estimate of drug-likeness (QED) is 0.899. The number of ether oxygens (including phenoxy) is 1. The molecule has 1 aliphatic heterocycles. The first-order valence-electron chi connectivity index (χ1n) is 7.73. The van der Waals surface area contributed by atoms with E-state index >= 15 is 0 Å². The van der Waals surface area contributed by atoms with Crippen molar-refractivity contribution in [3.05, 3.63) is 34.3 Å². The summed E-state index contributed by atoms with van der Waals surface area (Å²) in [5.41, 5.74) is 1.31. The molecule has 1 aromatic rings. The highest BCUT2D eigenvalue weighted by atomic mass is 79.9. The smallest absolute Gasteiger partial charge is 0.0686 e. The fourth-order valence-corrected chi connectivity index (χ4v) is 4.28. The van der Waals surface area contributed by atoms with Gasteiger partial charge in [0.1, 0.15) is 0 Å². The number of hydrogen-bond acceptors (Lipinski definition) is 2. The van der Waals surface area contributed by atoms with Crippen molar-refractivity contribution in [2.45, 2.75) is 56.7 Å². The van der Waals surface area contributed by atoms with Gasteiger partial charge in [0.05, 0.1) is 11.7 Å². The second kappa shape index (κ2) is 6.17. The Morgan fingerprint density at radius 1 is 1.35 bits per heavy atom. The monoisotopic (exact) mass is 338 g/mol. The third kappa shape index (κ3) is 3.26. The molecular weight excluding hydrogens is 316 g/mol. The maximum Gasteiger partial charge on any atom is 0.0686 e. The second-order valence-corrected chi connectivity index (χ2v) is 7.31. The van der Waals surface area contributed by atoms with Crippen LogP contribution in [-0.2, 0) is 11.2 Å². The van der Waals surface area contributed by atoms with Gasteiger partial charge in [-0.25, -0.2) is 0 Å². The number of aliphatic hydroxyl groups is 1. The maximum absolute atomic E-state index is 10.6. The SMILES string of the molecule is OC(Cc1cccc(Br)c1)C1CCOC2(CCCC2)C1. The summed E-state index contributed by atoms with van der Waals surface area (Å²) in [6.45, 7) is 0.820. The van der Waals surface area contributed by atoms with E-state index in [1.54, 1.807) is 0 Å². The van der Waals surface area contributed by atoms with Crippen molar-refractivity contribution in [2.75, 3.05) is 6.61 Å². The van der Waals surface area contributed by atoms with Crippen LogP contribution in [0.1, 0.15) is 44.1 Å². The molecule has 110 valence electrons. The van der Waals surface area contributed by atoms with E-state index in [0.717, 1.165) is 30.3 Å². The minimum absolute atomic E-state index is 0.0984. The van der Waals surface area contributed by atoms with E-state index < -0.39 is 0 Å². The van der Waals surface area contributed by atoms with Crippen molar-refractivity contribution in [1.29, 1.82) is 0 Å². The predicted molar refractivity (Wildman–Crippen MR) is 83.7 cm³/mol. The summed E-state index contributed by atoms with van der Waals surface area (Å²) in [6, 6.07) is 8.26. The van der Waals surface area contributed by atoms with Crippen molar-refractivity contribution in [2.24, 2.45) is 5.92 Å². The maximum atomic E-state index is 10.6. The molecule has 0 bridgehead atoms. The summed E-state index contributed by atoms with van der Waals surface area (Å²) in [6.07, 6.45) is 7.49. The second-order valence-electron chi connectivity index (χ2n) is 6.39. The fourth-order valence-electron chi connectivity index (χ4n) is 3.83. The van der Waals surface area contributed by atoms with Crippen LogP contribution in [0.3, 0.4) is 0 Å². The van der Waals surface area contributed by atoms with Crippen LogP contribution in [0.5, 0.6) is 0 Å². The first-order chi connectivity index (χ1) is 9.67. The van der Waals surface area contributed by atoms with E-state index in [2.05, 4.69) is 28.1 Å². The number of rotatable bonds is 3. The van der Waals surface area contributed by atoms with Crippen molar-refractivity contribution in [1.82, 2.24) is 0 Å². The van der Waals surface area contributed by atoms with Crippen LogP contribution in [0.25, 0.3) is 0 Å². The van der Waals surface area contributed by atoms with Gasteiger partial charge in [0, 0.05) is 11.1 Å². The lowest BCUT2D eigenvalue weighted by molar-refractivity contribution is -0.112. The Morgan fingerprint density at radius 2 is 2.15 bits per heavy atom. The first kappa shape index (κ1) is 14.6. The first-order valence-corrected chi connectivity index (χ1v) is 8.53. The Labute approximate surface area is 129 Å². The molecule has 1 aliphatic carbocycles. The fraction of sp³-hybridized carbons (Fsp3) is 0.647.